The number of nitrogens with zero attached hydrogens (tertiary/aromatic N) is 2. The zero-order chi connectivity index (χ0) is 14.1. The summed E-state index contributed by atoms with van der Waals surface area (Å²) in [4.78, 5) is 0. The van der Waals surface area contributed by atoms with Crippen LogP contribution in [-0.4, -0.2) is 36.4 Å². The minimum atomic E-state index is 0.307. The third-order valence-electron chi connectivity index (χ3n) is 4.32. The van der Waals surface area contributed by atoms with Crippen molar-refractivity contribution in [3.8, 4) is 5.75 Å². The molecule has 2 aromatic rings. The highest BCUT2D eigenvalue weighted by Gasteiger charge is 2.22. The van der Waals surface area contributed by atoms with Gasteiger partial charge >= 0.3 is 0 Å². The molecule has 4 nitrogen and oxygen atoms in total. The molecule has 1 aromatic heterocycles. The first-order valence-electron chi connectivity index (χ1n) is 7.14. The molecule has 0 amide bonds. The summed E-state index contributed by atoms with van der Waals surface area (Å²) in [5.74, 6) is 1.14. The van der Waals surface area contributed by atoms with Gasteiger partial charge in [0.25, 0.3) is 0 Å². The fourth-order valence-electron chi connectivity index (χ4n) is 3.05. The molecule has 1 fully saturated rings. The number of benzene rings is 1. The number of methoxy groups -OCH3 is 1. The van der Waals surface area contributed by atoms with E-state index in [-0.39, 0.29) is 0 Å². The van der Waals surface area contributed by atoms with Crippen molar-refractivity contribution in [2.24, 2.45) is 5.92 Å². The standard InChI is InChI=1S/C15H19BN2O2/c1-20-15-7-14-11(6-13(15)16)8-18(17-14)12-4-2-10(9-19)3-5-12/h6-8,10,12,19H,2-5,9H2,1H3. The smallest absolute Gasteiger partial charge is 0.119 e. The summed E-state index contributed by atoms with van der Waals surface area (Å²) in [7, 11) is 7.55. The molecule has 1 N–H and O–H groups in total. The molecule has 2 radical (unpaired) electrons. The van der Waals surface area contributed by atoms with Crippen molar-refractivity contribution in [3.63, 3.8) is 0 Å². The average molecular weight is 270 g/mol. The van der Waals surface area contributed by atoms with E-state index in [1.165, 1.54) is 0 Å². The number of rotatable bonds is 3. The molecule has 104 valence electrons. The molecule has 0 bridgehead atoms. The van der Waals surface area contributed by atoms with E-state index in [2.05, 4.69) is 16.0 Å². The maximum absolute atomic E-state index is 9.20. The van der Waals surface area contributed by atoms with Crippen LogP contribution in [0.5, 0.6) is 5.75 Å². The topological polar surface area (TPSA) is 47.3 Å². The maximum Gasteiger partial charge on any atom is 0.119 e. The molecule has 0 spiro atoms. The second-order valence-corrected chi connectivity index (χ2v) is 5.62. The molecule has 3 rings (SSSR count). The summed E-state index contributed by atoms with van der Waals surface area (Å²) in [5, 5.41) is 14.9. The predicted octanol–water partition coefficient (Wildman–Crippen LogP) is 1.56. The molecule has 1 aliphatic carbocycles. The lowest BCUT2D eigenvalue weighted by molar-refractivity contribution is 0.165. The first-order chi connectivity index (χ1) is 9.71. The third kappa shape index (κ3) is 2.42. The van der Waals surface area contributed by atoms with Crippen molar-refractivity contribution in [2.75, 3.05) is 13.7 Å². The first-order valence-corrected chi connectivity index (χ1v) is 7.14. The highest BCUT2D eigenvalue weighted by atomic mass is 16.5. The Balaban J connectivity index is 1.86. The number of aliphatic hydroxyl groups excluding tert-OH is 1. The van der Waals surface area contributed by atoms with Gasteiger partial charge in [0, 0.05) is 24.3 Å². The van der Waals surface area contributed by atoms with E-state index >= 15 is 0 Å². The van der Waals surface area contributed by atoms with Crippen LogP contribution in [0.15, 0.2) is 18.3 Å². The Morgan fingerprint density at radius 1 is 1.35 bits per heavy atom. The van der Waals surface area contributed by atoms with Gasteiger partial charge in [0.2, 0.25) is 0 Å². The van der Waals surface area contributed by atoms with Gasteiger partial charge < -0.3 is 9.84 Å². The minimum Gasteiger partial charge on any atom is -0.497 e. The molecular weight excluding hydrogens is 251 g/mol. The summed E-state index contributed by atoms with van der Waals surface area (Å²) in [6, 6.07) is 4.23. The molecule has 1 heterocycles. The molecule has 1 saturated carbocycles. The largest absolute Gasteiger partial charge is 0.497 e. The van der Waals surface area contributed by atoms with Gasteiger partial charge in [-0.3, -0.25) is 4.68 Å². The fraction of sp³-hybridized carbons (Fsp3) is 0.533. The molecule has 20 heavy (non-hydrogen) atoms. The number of aliphatic hydroxyl groups is 1. The SMILES string of the molecule is [B]c1cc2cn(C3CCC(CO)CC3)nc2cc1OC. The van der Waals surface area contributed by atoms with Crippen LogP contribution >= 0.6 is 0 Å². The Hall–Kier alpha value is -1.49. The van der Waals surface area contributed by atoms with Gasteiger partial charge in [-0.15, -0.1) is 0 Å². The summed E-state index contributed by atoms with van der Waals surface area (Å²) < 4.78 is 7.29. The van der Waals surface area contributed by atoms with E-state index in [0.29, 0.717) is 29.8 Å². The zero-order valence-corrected chi connectivity index (χ0v) is 11.7. The normalized spacial score (nSPS) is 23.1. The number of aromatic nitrogens is 2. The molecule has 0 aliphatic heterocycles. The van der Waals surface area contributed by atoms with E-state index in [4.69, 9.17) is 12.6 Å². The summed E-state index contributed by atoms with van der Waals surface area (Å²) >= 11 is 0. The van der Waals surface area contributed by atoms with Crippen LogP contribution in [0.1, 0.15) is 31.7 Å². The van der Waals surface area contributed by atoms with E-state index < -0.39 is 0 Å². The van der Waals surface area contributed by atoms with Crippen molar-refractivity contribution in [1.29, 1.82) is 0 Å². The molecule has 5 heteroatoms. The van der Waals surface area contributed by atoms with Crippen LogP contribution in [0.3, 0.4) is 0 Å². The Morgan fingerprint density at radius 3 is 2.75 bits per heavy atom. The van der Waals surface area contributed by atoms with Gasteiger partial charge in [-0.05, 0) is 31.6 Å². The van der Waals surface area contributed by atoms with Gasteiger partial charge in [-0.25, -0.2) is 0 Å². The van der Waals surface area contributed by atoms with Gasteiger partial charge in [0.1, 0.15) is 13.6 Å². The van der Waals surface area contributed by atoms with E-state index in [1.807, 2.05) is 12.1 Å². The summed E-state index contributed by atoms with van der Waals surface area (Å²) in [5.41, 5.74) is 1.56. The monoisotopic (exact) mass is 270 g/mol. The van der Waals surface area contributed by atoms with Gasteiger partial charge in [0.15, 0.2) is 0 Å². The lowest BCUT2D eigenvalue weighted by Gasteiger charge is -2.27. The third-order valence-corrected chi connectivity index (χ3v) is 4.32. The zero-order valence-electron chi connectivity index (χ0n) is 11.7. The molecular formula is C15H19BN2O2. The molecule has 0 saturated heterocycles. The first kappa shape index (κ1) is 13.5. The van der Waals surface area contributed by atoms with Crippen LogP contribution in [-0.2, 0) is 0 Å². The number of ether oxygens (including phenoxy) is 1. The highest BCUT2D eigenvalue weighted by Crippen LogP contribution is 2.32. The maximum atomic E-state index is 9.20. The van der Waals surface area contributed by atoms with Crippen molar-refractivity contribution < 1.29 is 9.84 Å². The van der Waals surface area contributed by atoms with E-state index in [9.17, 15) is 5.11 Å². The quantitative estimate of drug-likeness (QED) is 0.861. The van der Waals surface area contributed by atoms with Crippen LogP contribution < -0.4 is 10.2 Å². The minimum absolute atomic E-state index is 0.307. The van der Waals surface area contributed by atoms with Crippen molar-refractivity contribution >= 4 is 24.2 Å². The Kier molecular flexibility index (Phi) is 3.70. The molecule has 1 aliphatic rings. The molecule has 0 atom stereocenters. The van der Waals surface area contributed by atoms with Crippen LogP contribution in [0.2, 0.25) is 0 Å². The fourth-order valence-corrected chi connectivity index (χ4v) is 3.05. The van der Waals surface area contributed by atoms with Gasteiger partial charge in [0.05, 0.1) is 18.7 Å². The Labute approximate surface area is 120 Å². The van der Waals surface area contributed by atoms with Crippen molar-refractivity contribution in [2.45, 2.75) is 31.7 Å². The van der Waals surface area contributed by atoms with E-state index in [1.54, 1.807) is 7.11 Å². The second-order valence-electron chi connectivity index (χ2n) is 5.62. The number of hydrogen-bond acceptors (Lipinski definition) is 3. The predicted molar refractivity (Wildman–Crippen MR) is 79.8 cm³/mol. The Bertz CT molecular complexity index is 603. The highest BCUT2D eigenvalue weighted by molar-refractivity contribution is 6.35. The van der Waals surface area contributed by atoms with Crippen LogP contribution in [0, 0.1) is 5.92 Å². The average Bonchev–Trinajstić information content (AvgIpc) is 2.89. The van der Waals surface area contributed by atoms with E-state index in [0.717, 1.165) is 36.6 Å². The Morgan fingerprint density at radius 2 is 2.10 bits per heavy atom. The lowest BCUT2D eigenvalue weighted by atomic mass is 9.87. The van der Waals surface area contributed by atoms with Crippen molar-refractivity contribution in [3.05, 3.63) is 18.3 Å². The number of hydrogen-bond donors (Lipinski definition) is 1. The lowest BCUT2D eigenvalue weighted by Crippen LogP contribution is -2.20. The summed E-state index contributed by atoms with van der Waals surface area (Å²) in [6.45, 7) is 0.307. The summed E-state index contributed by atoms with van der Waals surface area (Å²) in [6.07, 6.45) is 6.36. The number of fused-ring (bicyclic) bond motifs is 1. The van der Waals surface area contributed by atoms with Crippen LogP contribution in [0.25, 0.3) is 10.9 Å². The van der Waals surface area contributed by atoms with Crippen LogP contribution in [0.4, 0.5) is 0 Å². The molecule has 0 unspecified atom stereocenters. The molecule has 1 aromatic carbocycles. The van der Waals surface area contributed by atoms with Gasteiger partial charge in [-0.2, -0.15) is 5.10 Å². The van der Waals surface area contributed by atoms with Crippen molar-refractivity contribution in [1.82, 2.24) is 9.78 Å². The second kappa shape index (κ2) is 5.48. The van der Waals surface area contributed by atoms with Gasteiger partial charge in [-0.1, -0.05) is 11.5 Å².